The Bertz CT molecular complexity index is 875. The van der Waals surface area contributed by atoms with Gasteiger partial charge in [-0.15, -0.1) is 0 Å². The molecule has 0 saturated heterocycles. The van der Waals surface area contributed by atoms with Gasteiger partial charge in [0.1, 0.15) is 17.2 Å². The second-order valence-electron chi connectivity index (χ2n) is 6.00. The highest BCUT2D eigenvalue weighted by Gasteiger charge is 2.17. The van der Waals surface area contributed by atoms with E-state index in [2.05, 4.69) is 31.9 Å². The number of phenols is 2. The Hall–Kier alpha value is -1.99. The first-order valence-corrected chi connectivity index (χ1v) is 9.89. The van der Waals surface area contributed by atoms with Gasteiger partial charge in [-0.05, 0) is 75.0 Å². The molecule has 144 valence electrons. The van der Waals surface area contributed by atoms with Gasteiger partial charge in [-0.25, -0.2) is 4.79 Å². The molecular weight excluding hydrogens is 480 g/mol. The summed E-state index contributed by atoms with van der Waals surface area (Å²) < 4.78 is 11.8. The van der Waals surface area contributed by atoms with E-state index in [1.165, 1.54) is 18.2 Å². The van der Waals surface area contributed by atoms with E-state index in [-0.39, 0.29) is 24.0 Å². The maximum absolute atomic E-state index is 11.5. The summed E-state index contributed by atoms with van der Waals surface area (Å²) >= 11 is 6.80. The van der Waals surface area contributed by atoms with Crippen molar-refractivity contribution in [3.05, 3.63) is 50.4 Å². The molecule has 0 atom stereocenters. The summed E-state index contributed by atoms with van der Waals surface area (Å²) in [7, 11) is 0. The maximum atomic E-state index is 11.5. The summed E-state index contributed by atoms with van der Waals surface area (Å²) in [6, 6.07) is 6.48. The van der Waals surface area contributed by atoms with Crippen LogP contribution in [0, 0.1) is 0 Å². The van der Waals surface area contributed by atoms with E-state index in [1.54, 1.807) is 25.1 Å². The minimum Gasteiger partial charge on any atom is -0.508 e. The lowest BCUT2D eigenvalue weighted by Gasteiger charge is -2.15. The number of hydrogen-bond donors (Lipinski definition) is 2. The molecule has 0 radical (unpaired) electrons. The number of aromatic hydroxyl groups is 2. The summed E-state index contributed by atoms with van der Waals surface area (Å²) in [5, 5.41) is 20.2. The van der Waals surface area contributed by atoms with E-state index in [0.717, 1.165) is 5.56 Å². The van der Waals surface area contributed by atoms with Crippen LogP contribution in [-0.4, -0.2) is 22.8 Å². The van der Waals surface area contributed by atoms with Crippen molar-refractivity contribution in [1.29, 1.82) is 0 Å². The lowest BCUT2D eigenvalue weighted by Crippen LogP contribution is -1.99. The molecule has 0 saturated carbocycles. The monoisotopic (exact) mass is 498 g/mol. The molecule has 7 heteroatoms. The molecule has 0 aromatic heterocycles. The van der Waals surface area contributed by atoms with Crippen LogP contribution in [-0.2, 0) is 9.53 Å². The highest BCUT2D eigenvalue weighted by Crippen LogP contribution is 2.44. The van der Waals surface area contributed by atoms with E-state index < -0.39 is 5.97 Å². The number of benzene rings is 2. The zero-order chi connectivity index (χ0) is 20.1. The molecule has 2 aromatic rings. The predicted molar refractivity (Wildman–Crippen MR) is 111 cm³/mol. The molecule has 0 aliphatic rings. The van der Waals surface area contributed by atoms with Crippen LogP contribution < -0.4 is 4.74 Å². The first-order valence-electron chi connectivity index (χ1n) is 8.31. The van der Waals surface area contributed by atoms with Crippen LogP contribution in [0.3, 0.4) is 0 Å². The Balaban J connectivity index is 2.42. The topological polar surface area (TPSA) is 76.0 Å². The van der Waals surface area contributed by atoms with E-state index in [0.29, 0.717) is 26.0 Å². The average Bonchev–Trinajstić information content (AvgIpc) is 2.59. The van der Waals surface area contributed by atoms with Crippen LogP contribution in [0.1, 0.15) is 37.8 Å². The van der Waals surface area contributed by atoms with Gasteiger partial charge in [0.2, 0.25) is 0 Å². The molecule has 0 bridgehead atoms. The van der Waals surface area contributed by atoms with Crippen molar-refractivity contribution in [3.63, 3.8) is 0 Å². The largest absolute Gasteiger partial charge is 0.508 e. The third kappa shape index (κ3) is 5.26. The molecule has 0 fully saturated rings. The van der Waals surface area contributed by atoms with E-state index >= 15 is 0 Å². The zero-order valence-corrected chi connectivity index (χ0v) is 18.3. The van der Waals surface area contributed by atoms with Crippen LogP contribution in [0.4, 0.5) is 0 Å². The summed E-state index contributed by atoms with van der Waals surface area (Å²) in [6.07, 6.45) is 2.69. The first kappa shape index (κ1) is 21.3. The van der Waals surface area contributed by atoms with Crippen LogP contribution in [0.2, 0.25) is 0 Å². The number of rotatable bonds is 6. The third-order valence-electron chi connectivity index (χ3n) is 3.71. The molecule has 0 aliphatic heterocycles. The highest BCUT2D eigenvalue weighted by atomic mass is 79.9. The first-order chi connectivity index (χ1) is 12.7. The fourth-order valence-corrected chi connectivity index (χ4v) is 3.77. The molecule has 27 heavy (non-hydrogen) atoms. The van der Waals surface area contributed by atoms with Gasteiger partial charge in [-0.2, -0.15) is 0 Å². The zero-order valence-electron chi connectivity index (χ0n) is 15.1. The molecular formula is C20H20Br2O5. The number of phenolic OH excluding ortho intramolecular Hbond substituents is 2. The van der Waals surface area contributed by atoms with Gasteiger partial charge in [-0.1, -0.05) is 13.8 Å². The molecule has 2 aromatic carbocycles. The van der Waals surface area contributed by atoms with Crippen molar-refractivity contribution in [2.75, 3.05) is 6.61 Å². The van der Waals surface area contributed by atoms with Gasteiger partial charge in [0, 0.05) is 17.2 Å². The average molecular weight is 500 g/mol. The van der Waals surface area contributed by atoms with Gasteiger partial charge >= 0.3 is 5.97 Å². The SMILES string of the molecule is CCOC(=O)/C=C/c1c(O)cc(Br)c(Oc2ccc(O)c(C(C)C)c2)c1Br. The minimum absolute atomic E-state index is 0.0322. The third-order valence-corrected chi connectivity index (χ3v) is 5.08. The predicted octanol–water partition coefficient (Wildman–Crippen LogP) is 6.11. The number of carbonyl (C=O) groups is 1. The van der Waals surface area contributed by atoms with Crippen molar-refractivity contribution in [1.82, 2.24) is 0 Å². The van der Waals surface area contributed by atoms with E-state index in [1.807, 2.05) is 13.8 Å². The van der Waals surface area contributed by atoms with Crippen LogP contribution in [0.15, 0.2) is 39.3 Å². The molecule has 0 amide bonds. The van der Waals surface area contributed by atoms with Crippen molar-refractivity contribution >= 4 is 43.9 Å². The quantitative estimate of drug-likeness (QED) is 0.370. The minimum atomic E-state index is -0.505. The Kier molecular flexibility index (Phi) is 7.33. The fourth-order valence-electron chi connectivity index (χ4n) is 2.37. The lowest BCUT2D eigenvalue weighted by atomic mass is 10.0. The van der Waals surface area contributed by atoms with Gasteiger partial charge in [-0.3, -0.25) is 0 Å². The molecule has 5 nitrogen and oxygen atoms in total. The Labute approximate surface area is 174 Å². The molecule has 0 aliphatic carbocycles. The smallest absolute Gasteiger partial charge is 0.330 e. The molecule has 0 spiro atoms. The second kappa shape index (κ2) is 9.28. The van der Waals surface area contributed by atoms with Crippen molar-refractivity contribution < 1.29 is 24.5 Å². The van der Waals surface area contributed by atoms with Gasteiger partial charge in [0.25, 0.3) is 0 Å². The van der Waals surface area contributed by atoms with Crippen LogP contribution >= 0.6 is 31.9 Å². The highest BCUT2D eigenvalue weighted by molar-refractivity contribution is 9.11. The summed E-state index contributed by atoms with van der Waals surface area (Å²) in [5.74, 6) is 0.757. The fraction of sp³-hybridized carbons (Fsp3) is 0.250. The van der Waals surface area contributed by atoms with Crippen LogP contribution in [0.25, 0.3) is 6.08 Å². The van der Waals surface area contributed by atoms with Gasteiger partial charge < -0.3 is 19.7 Å². The summed E-state index contributed by atoms with van der Waals surface area (Å²) in [6.45, 7) is 5.94. The number of halogens is 2. The number of esters is 1. The van der Waals surface area contributed by atoms with E-state index in [4.69, 9.17) is 9.47 Å². The standard InChI is InChI=1S/C20H20Br2O5/c1-4-26-18(25)8-6-13-17(24)10-15(21)20(19(13)22)27-12-5-7-16(23)14(9-12)11(2)3/h5-11,23-24H,4H2,1-3H3/b8-6+. The molecule has 0 unspecified atom stereocenters. The van der Waals surface area contributed by atoms with Crippen molar-refractivity contribution in [2.24, 2.45) is 0 Å². The maximum Gasteiger partial charge on any atom is 0.330 e. The van der Waals surface area contributed by atoms with Crippen molar-refractivity contribution in [2.45, 2.75) is 26.7 Å². The van der Waals surface area contributed by atoms with Crippen LogP contribution in [0.5, 0.6) is 23.0 Å². The lowest BCUT2D eigenvalue weighted by molar-refractivity contribution is -0.137. The second-order valence-corrected chi connectivity index (χ2v) is 7.64. The molecule has 2 N–H and O–H groups in total. The molecule has 0 heterocycles. The summed E-state index contributed by atoms with van der Waals surface area (Å²) in [5.41, 5.74) is 1.14. The number of carbonyl (C=O) groups excluding carboxylic acids is 1. The molecule has 2 rings (SSSR count). The Morgan fingerprint density at radius 2 is 1.89 bits per heavy atom. The van der Waals surface area contributed by atoms with Gasteiger partial charge in [0.15, 0.2) is 5.75 Å². The number of ether oxygens (including phenoxy) is 2. The van der Waals surface area contributed by atoms with Crippen molar-refractivity contribution in [3.8, 4) is 23.0 Å². The van der Waals surface area contributed by atoms with E-state index in [9.17, 15) is 15.0 Å². The Morgan fingerprint density at radius 3 is 2.52 bits per heavy atom. The van der Waals surface area contributed by atoms with Gasteiger partial charge in [0.05, 0.1) is 15.6 Å². The Morgan fingerprint density at radius 1 is 1.19 bits per heavy atom. The normalized spacial score (nSPS) is 11.2. The summed E-state index contributed by atoms with van der Waals surface area (Å²) in [4.78, 5) is 11.5. The number of hydrogen-bond acceptors (Lipinski definition) is 5.